The van der Waals surface area contributed by atoms with Crippen molar-refractivity contribution in [1.82, 2.24) is 10.2 Å². The highest BCUT2D eigenvalue weighted by Crippen LogP contribution is 2.29. The largest absolute Gasteiger partial charge is 0.460 e. The summed E-state index contributed by atoms with van der Waals surface area (Å²) in [5.41, 5.74) is 0.797. The number of nitrogens with one attached hydrogen (secondary N) is 1. The third-order valence-corrected chi connectivity index (χ3v) is 5.35. The van der Waals surface area contributed by atoms with Crippen LogP contribution in [0.2, 0.25) is 5.02 Å². The Kier molecular flexibility index (Phi) is 4.14. The van der Waals surface area contributed by atoms with Crippen molar-refractivity contribution in [3.8, 4) is 11.3 Å². The molecule has 0 aliphatic carbocycles. The molecule has 0 amide bonds. The maximum Gasteiger partial charge on any atom is 0.141 e. The number of nitrogens with zero attached hydrogens (tertiary/aromatic N) is 1. The molecular weight excluding hydrogens is 315 g/mol. The van der Waals surface area contributed by atoms with Crippen LogP contribution < -0.4 is 5.32 Å². The van der Waals surface area contributed by atoms with Crippen LogP contribution in [0.5, 0.6) is 0 Å². The fourth-order valence-corrected chi connectivity index (χ4v) is 3.89. The van der Waals surface area contributed by atoms with Crippen LogP contribution in [0.1, 0.15) is 18.6 Å². The van der Waals surface area contributed by atoms with E-state index in [0.29, 0.717) is 6.04 Å². The molecule has 1 aromatic heterocycles. The zero-order chi connectivity index (χ0) is 15.8. The molecule has 1 N–H and O–H groups in total. The smallest absolute Gasteiger partial charge is 0.141 e. The Morgan fingerprint density at radius 1 is 1.22 bits per heavy atom. The molecule has 23 heavy (non-hydrogen) atoms. The van der Waals surface area contributed by atoms with Gasteiger partial charge < -0.3 is 14.6 Å². The molecule has 122 valence electrons. The van der Waals surface area contributed by atoms with Crippen LogP contribution in [0, 0.1) is 11.7 Å². The second-order valence-corrected chi connectivity index (χ2v) is 6.93. The van der Waals surface area contributed by atoms with Crippen molar-refractivity contribution in [3.05, 3.63) is 46.9 Å². The van der Waals surface area contributed by atoms with Gasteiger partial charge in [-0.25, -0.2) is 4.39 Å². The summed E-state index contributed by atoms with van der Waals surface area (Å²) in [5, 5.41) is 3.75. The number of furan rings is 1. The lowest BCUT2D eigenvalue weighted by atomic mass is 9.84. The third kappa shape index (κ3) is 3.16. The Morgan fingerprint density at radius 2 is 2.04 bits per heavy atom. The summed E-state index contributed by atoms with van der Waals surface area (Å²) < 4.78 is 19.1. The molecule has 3 aliphatic heterocycles. The van der Waals surface area contributed by atoms with Crippen LogP contribution in [0.4, 0.5) is 4.39 Å². The Labute approximate surface area is 140 Å². The Bertz CT molecular complexity index is 694. The number of fused-ring (bicyclic) bond motifs is 3. The normalized spacial score (nSPS) is 26.6. The molecule has 2 aromatic rings. The highest BCUT2D eigenvalue weighted by Gasteiger charge is 2.33. The van der Waals surface area contributed by atoms with Gasteiger partial charge in [0.05, 0.1) is 11.6 Å². The third-order valence-electron chi connectivity index (χ3n) is 5.06. The first-order valence-corrected chi connectivity index (χ1v) is 8.57. The number of halogens is 2. The first-order chi connectivity index (χ1) is 11.2. The summed E-state index contributed by atoms with van der Waals surface area (Å²) in [7, 11) is 0. The average molecular weight is 335 g/mol. The van der Waals surface area contributed by atoms with E-state index in [-0.39, 0.29) is 5.02 Å². The number of rotatable bonds is 4. The molecule has 1 aromatic carbocycles. The lowest BCUT2D eigenvalue weighted by Crippen LogP contribution is -2.55. The van der Waals surface area contributed by atoms with Gasteiger partial charge in [-0.15, -0.1) is 0 Å². The number of piperidine rings is 3. The summed E-state index contributed by atoms with van der Waals surface area (Å²) >= 11 is 5.84. The molecule has 0 radical (unpaired) electrons. The van der Waals surface area contributed by atoms with E-state index >= 15 is 0 Å². The molecule has 2 bridgehead atoms. The van der Waals surface area contributed by atoms with Crippen LogP contribution in [-0.2, 0) is 6.54 Å². The fraction of sp³-hybridized carbons (Fsp3) is 0.444. The first kappa shape index (κ1) is 15.2. The predicted octanol–water partition coefficient (Wildman–Crippen LogP) is 3.92. The molecule has 3 nitrogen and oxygen atoms in total. The van der Waals surface area contributed by atoms with Crippen LogP contribution >= 0.6 is 11.6 Å². The molecule has 1 atom stereocenters. The van der Waals surface area contributed by atoms with Crippen LogP contribution in [0.25, 0.3) is 11.3 Å². The summed E-state index contributed by atoms with van der Waals surface area (Å²) in [4.78, 5) is 2.53. The molecule has 3 fully saturated rings. The zero-order valence-corrected chi connectivity index (χ0v) is 13.7. The Balaban J connectivity index is 1.41. The minimum Gasteiger partial charge on any atom is -0.460 e. The van der Waals surface area contributed by atoms with E-state index in [1.807, 2.05) is 12.1 Å². The zero-order valence-electron chi connectivity index (χ0n) is 12.9. The van der Waals surface area contributed by atoms with E-state index in [9.17, 15) is 4.39 Å². The average Bonchev–Trinajstić information content (AvgIpc) is 3.05. The van der Waals surface area contributed by atoms with Gasteiger partial charge >= 0.3 is 0 Å². The van der Waals surface area contributed by atoms with Gasteiger partial charge in [0.1, 0.15) is 17.3 Å². The molecule has 0 saturated carbocycles. The van der Waals surface area contributed by atoms with E-state index in [2.05, 4.69) is 10.2 Å². The van der Waals surface area contributed by atoms with Gasteiger partial charge in [-0.05, 0) is 62.2 Å². The maximum absolute atomic E-state index is 13.2. The van der Waals surface area contributed by atoms with Crippen molar-refractivity contribution in [2.45, 2.75) is 25.4 Å². The summed E-state index contributed by atoms with van der Waals surface area (Å²) in [5.74, 6) is 2.01. The van der Waals surface area contributed by atoms with Gasteiger partial charge in [-0.2, -0.15) is 0 Å². The highest BCUT2D eigenvalue weighted by atomic mass is 35.5. The Hall–Kier alpha value is -1.36. The lowest BCUT2D eigenvalue weighted by Gasteiger charge is -2.45. The van der Waals surface area contributed by atoms with E-state index in [4.69, 9.17) is 16.0 Å². The minimum absolute atomic E-state index is 0.117. The molecule has 3 aliphatic rings. The van der Waals surface area contributed by atoms with Gasteiger partial charge in [0.25, 0.3) is 0 Å². The number of hydrogen-bond donors (Lipinski definition) is 1. The first-order valence-electron chi connectivity index (χ1n) is 8.19. The summed E-state index contributed by atoms with van der Waals surface area (Å²) in [6, 6.07) is 9.10. The molecule has 5 heteroatoms. The van der Waals surface area contributed by atoms with Crippen molar-refractivity contribution < 1.29 is 8.81 Å². The molecule has 0 unspecified atom stereocenters. The molecule has 3 saturated heterocycles. The topological polar surface area (TPSA) is 28.4 Å². The second-order valence-electron chi connectivity index (χ2n) is 6.52. The summed E-state index contributed by atoms with van der Waals surface area (Å²) in [6.07, 6.45) is 2.60. The monoisotopic (exact) mass is 334 g/mol. The fourth-order valence-electron chi connectivity index (χ4n) is 3.71. The van der Waals surface area contributed by atoms with E-state index in [1.54, 1.807) is 12.1 Å². The van der Waals surface area contributed by atoms with Crippen molar-refractivity contribution in [3.63, 3.8) is 0 Å². The number of hydrogen-bond acceptors (Lipinski definition) is 3. The van der Waals surface area contributed by atoms with Crippen molar-refractivity contribution >= 4 is 11.6 Å². The molecule has 4 heterocycles. The van der Waals surface area contributed by atoms with Gasteiger partial charge in [0, 0.05) is 18.2 Å². The quantitative estimate of drug-likeness (QED) is 0.918. The van der Waals surface area contributed by atoms with E-state index in [0.717, 1.165) is 36.1 Å². The van der Waals surface area contributed by atoms with Gasteiger partial charge in [0.15, 0.2) is 0 Å². The molecule has 5 rings (SSSR count). The predicted molar refractivity (Wildman–Crippen MR) is 88.9 cm³/mol. The van der Waals surface area contributed by atoms with Gasteiger partial charge in [0.2, 0.25) is 0 Å². The Morgan fingerprint density at radius 3 is 2.74 bits per heavy atom. The molecular formula is C18H20ClFN2O. The van der Waals surface area contributed by atoms with Gasteiger partial charge in [-0.3, -0.25) is 0 Å². The molecule has 0 spiro atoms. The SMILES string of the molecule is Fc1ccc(-c2ccc(CN[C@H]3CN4CCC3CC4)o2)cc1Cl. The van der Waals surface area contributed by atoms with Crippen LogP contribution in [0.15, 0.2) is 34.7 Å². The van der Waals surface area contributed by atoms with Crippen LogP contribution in [-0.4, -0.2) is 30.6 Å². The van der Waals surface area contributed by atoms with Crippen molar-refractivity contribution in [1.29, 1.82) is 0 Å². The van der Waals surface area contributed by atoms with Crippen molar-refractivity contribution in [2.75, 3.05) is 19.6 Å². The minimum atomic E-state index is -0.411. The van der Waals surface area contributed by atoms with Gasteiger partial charge in [-0.1, -0.05) is 11.6 Å². The lowest BCUT2D eigenvalue weighted by molar-refractivity contribution is 0.0711. The van der Waals surface area contributed by atoms with E-state index < -0.39 is 5.82 Å². The van der Waals surface area contributed by atoms with Crippen molar-refractivity contribution in [2.24, 2.45) is 5.92 Å². The number of benzene rings is 1. The maximum atomic E-state index is 13.2. The highest BCUT2D eigenvalue weighted by molar-refractivity contribution is 6.31. The second kappa shape index (κ2) is 6.27. The van der Waals surface area contributed by atoms with E-state index in [1.165, 1.54) is 32.0 Å². The summed E-state index contributed by atoms with van der Waals surface area (Å²) in [6.45, 7) is 4.37. The standard InChI is InChI=1S/C18H20ClFN2O/c19-15-9-13(1-3-16(15)20)18-4-2-14(23-18)10-21-17-11-22-7-5-12(17)6-8-22/h1-4,9,12,17,21H,5-8,10-11H2/t17-/m0/s1. The van der Waals surface area contributed by atoms with Crippen LogP contribution in [0.3, 0.4) is 0 Å².